The first kappa shape index (κ1) is 16.9. The molecule has 1 rings (SSSR count). The lowest BCUT2D eigenvalue weighted by Gasteiger charge is -2.21. The molecular weight excluding hydrogens is 282 g/mol. The van der Waals surface area contributed by atoms with Crippen molar-refractivity contribution in [2.45, 2.75) is 13.0 Å². The van der Waals surface area contributed by atoms with Crippen molar-refractivity contribution < 1.29 is 23.0 Å². The van der Waals surface area contributed by atoms with Crippen LogP contribution in [0.1, 0.15) is 16.8 Å². The van der Waals surface area contributed by atoms with Crippen LogP contribution in [0.3, 0.4) is 0 Å². The first-order valence-electron chi connectivity index (χ1n) is 6.28. The number of hydrogen-bond acceptors (Lipinski definition) is 4. The standard InChI is InChI=1S/C14H16F2N2O3/c1-20-9-8-18(7-3-6-17)13(19)11-4-2-5-12(10-11)21-14(15)16/h2,4-5,10,14H,3,7-9H2,1H3. The predicted octanol–water partition coefficient (Wildman–Crippen LogP) is 2.29. The minimum atomic E-state index is -2.95. The first-order chi connectivity index (χ1) is 10.1. The van der Waals surface area contributed by atoms with Crippen molar-refractivity contribution in [2.24, 2.45) is 0 Å². The van der Waals surface area contributed by atoms with Gasteiger partial charge in [0.25, 0.3) is 5.91 Å². The van der Waals surface area contributed by atoms with Crippen molar-refractivity contribution >= 4 is 5.91 Å². The maximum atomic E-state index is 12.3. The van der Waals surface area contributed by atoms with Gasteiger partial charge in [-0.15, -0.1) is 0 Å². The minimum Gasteiger partial charge on any atom is -0.435 e. The molecule has 0 heterocycles. The third kappa shape index (κ3) is 5.75. The second kappa shape index (κ2) is 8.87. The van der Waals surface area contributed by atoms with Crippen LogP contribution >= 0.6 is 0 Å². The fourth-order valence-corrected chi connectivity index (χ4v) is 1.69. The lowest BCUT2D eigenvalue weighted by Crippen LogP contribution is -2.34. The number of carbonyl (C=O) groups excluding carboxylic acids is 1. The quantitative estimate of drug-likeness (QED) is 0.738. The molecule has 0 unspecified atom stereocenters. The first-order valence-corrected chi connectivity index (χ1v) is 6.28. The number of rotatable bonds is 8. The van der Waals surface area contributed by atoms with Crippen LogP contribution in [0.5, 0.6) is 5.75 Å². The number of benzene rings is 1. The molecule has 1 aromatic carbocycles. The van der Waals surface area contributed by atoms with Gasteiger partial charge in [-0.2, -0.15) is 14.0 Å². The molecule has 0 N–H and O–H groups in total. The molecule has 0 aromatic heterocycles. The monoisotopic (exact) mass is 298 g/mol. The molecule has 0 fully saturated rings. The average Bonchev–Trinajstić information content (AvgIpc) is 2.46. The van der Waals surface area contributed by atoms with E-state index in [-0.39, 0.29) is 30.2 Å². The van der Waals surface area contributed by atoms with Crippen molar-refractivity contribution in [3.05, 3.63) is 29.8 Å². The summed E-state index contributed by atoms with van der Waals surface area (Å²) in [5.74, 6) is -0.440. The molecule has 0 atom stereocenters. The van der Waals surface area contributed by atoms with E-state index in [4.69, 9.17) is 10.00 Å². The van der Waals surface area contributed by atoms with E-state index in [1.54, 1.807) is 0 Å². The summed E-state index contributed by atoms with van der Waals surface area (Å²) in [4.78, 5) is 13.8. The Morgan fingerprint density at radius 3 is 2.81 bits per heavy atom. The van der Waals surface area contributed by atoms with E-state index in [9.17, 15) is 13.6 Å². The van der Waals surface area contributed by atoms with Crippen LogP contribution in [-0.2, 0) is 4.74 Å². The number of halogens is 2. The van der Waals surface area contributed by atoms with Gasteiger partial charge in [0.15, 0.2) is 0 Å². The highest BCUT2D eigenvalue weighted by atomic mass is 19.3. The third-order valence-electron chi connectivity index (χ3n) is 2.65. The number of nitrogens with zero attached hydrogens (tertiary/aromatic N) is 2. The zero-order valence-electron chi connectivity index (χ0n) is 11.6. The Balaban J connectivity index is 2.84. The molecule has 21 heavy (non-hydrogen) atoms. The Bertz CT molecular complexity index is 503. The summed E-state index contributed by atoms with van der Waals surface area (Å²) in [5, 5.41) is 8.61. The number of hydrogen-bond donors (Lipinski definition) is 0. The number of nitriles is 1. The Labute approximate surface area is 121 Å². The van der Waals surface area contributed by atoms with Crippen molar-refractivity contribution in [1.82, 2.24) is 4.90 Å². The van der Waals surface area contributed by atoms with E-state index < -0.39 is 6.61 Å². The Morgan fingerprint density at radius 2 is 2.19 bits per heavy atom. The number of alkyl halides is 2. The number of ether oxygens (including phenoxy) is 2. The molecule has 0 aliphatic rings. The molecule has 7 heteroatoms. The molecule has 0 aliphatic carbocycles. The fourth-order valence-electron chi connectivity index (χ4n) is 1.69. The van der Waals surface area contributed by atoms with Gasteiger partial charge in [-0.1, -0.05) is 6.07 Å². The largest absolute Gasteiger partial charge is 0.435 e. The molecule has 0 bridgehead atoms. The van der Waals surface area contributed by atoms with Crippen LogP contribution in [0.25, 0.3) is 0 Å². The summed E-state index contributed by atoms with van der Waals surface area (Å²) in [7, 11) is 1.50. The summed E-state index contributed by atoms with van der Waals surface area (Å²) in [6.07, 6.45) is 0.183. The van der Waals surface area contributed by atoms with Crippen molar-refractivity contribution in [3.63, 3.8) is 0 Å². The summed E-state index contributed by atoms with van der Waals surface area (Å²) in [6, 6.07) is 7.52. The van der Waals surface area contributed by atoms with E-state index in [1.807, 2.05) is 6.07 Å². The van der Waals surface area contributed by atoms with E-state index in [0.717, 1.165) is 0 Å². The van der Waals surface area contributed by atoms with Crippen LogP contribution < -0.4 is 4.74 Å². The van der Waals surface area contributed by atoms with Crippen molar-refractivity contribution in [2.75, 3.05) is 26.8 Å². The molecule has 0 radical (unpaired) electrons. The van der Waals surface area contributed by atoms with Crippen molar-refractivity contribution in [1.29, 1.82) is 5.26 Å². The van der Waals surface area contributed by atoms with E-state index in [2.05, 4.69) is 4.74 Å². The predicted molar refractivity (Wildman–Crippen MR) is 71.1 cm³/mol. The van der Waals surface area contributed by atoms with Gasteiger partial charge in [0, 0.05) is 25.8 Å². The van der Waals surface area contributed by atoms with Gasteiger partial charge in [0.05, 0.1) is 19.1 Å². The molecule has 0 saturated heterocycles. The maximum Gasteiger partial charge on any atom is 0.387 e. The van der Waals surface area contributed by atoms with Gasteiger partial charge in [0.2, 0.25) is 0 Å². The lowest BCUT2D eigenvalue weighted by molar-refractivity contribution is -0.0499. The highest BCUT2D eigenvalue weighted by Crippen LogP contribution is 2.17. The highest BCUT2D eigenvalue weighted by Gasteiger charge is 2.16. The SMILES string of the molecule is COCCN(CCC#N)C(=O)c1cccc(OC(F)F)c1. The number of methoxy groups -OCH3 is 1. The van der Waals surface area contributed by atoms with Gasteiger partial charge in [-0.05, 0) is 18.2 Å². The second-order valence-electron chi connectivity index (χ2n) is 4.10. The summed E-state index contributed by atoms with van der Waals surface area (Å²) in [6.45, 7) is -2.06. The van der Waals surface area contributed by atoms with Crippen LogP contribution in [-0.4, -0.2) is 44.2 Å². The Kier molecular flexibility index (Phi) is 7.12. The topological polar surface area (TPSA) is 62.6 Å². The zero-order valence-corrected chi connectivity index (χ0v) is 11.6. The molecule has 5 nitrogen and oxygen atoms in total. The Hall–Kier alpha value is -2.20. The van der Waals surface area contributed by atoms with Gasteiger partial charge < -0.3 is 14.4 Å². The molecule has 0 saturated carbocycles. The van der Waals surface area contributed by atoms with Crippen molar-refractivity contribution in [3.8, 4) is 11.8 Å². The van der Waals surface area contributed by atoms with Crippen LogP contribution in [0.15, 0.2) is 24.3 Å². The molecular formula is C14H16F2N2O3. The van der Waals surface area contributed by atoms with Gasteiger partial charge in [0.1, 0.15) is 5.75 Å². The Morgan fingerprint density at radius 1 is 1.43 bits per heavy atom. The van der Waals surface area contributed by atoms with Crippen LogP contribution in [0.4, 0.5) is 8.78 Å². The smallest absolute Gasteiger partial charge is 0.387 e. The summed E-state index contributed by atoms with van der Waals surface area (Å²) < 4.78 is 33.5. The zero-order chi connectivity index (χ0) is 15.7. The van der Waals surface area contributed by atoms with E-state index in [1.165, 1.54) is 36.3 Å². The minimum absolute atomic E-state index is 0.0807. The summed E-state index contributed by atoms with van der Waals surface area (Å²) >= 11 is 0. The molecule has 0 spiro atoms. The lowest BCUT2D eigenvalue weighted by atomic mass is 10.2. The molecule has 1 amide bonds. The summed E-state index contributed by atoms with van der Waals surface area (Å²) in [5.41, 5.74) is 0.224. The van der Waals surface area contributed by atoms with Crippen LogP contribution in [0.2, 0.25) is 0 Å². The third-order valence-corrected chi connectivity index (χ3v) is 2.65. The molecule has 114 valence electrons. The number of amides is 1. The molecule has 1 aromatic rings. The maximum absolute atomic E-state index is 12.3. The van der Waals surface area contributed by atoms with E-state index >= 15 is 0 Å². The van der Waals surface area contributed by atoms with Crippen LogP contribution in [0, 0.1) is 11.3 Å². The highest BCUT2D eigenvalue weighted by molar-refractivity contribution is 5.94. The van der Waals surface area contributed by atoms with Gasteiger partial charge in [-0.25, -0.2) is 0 Å². The normalized spacial score (nSPS) is 10.2. The average molecular weight is 298 g/mol. The van der Waals surface area contributed by atoms with E-state index in [0.29, 0.717) is 13.2 Å². The second-order valence-corrected chi connectivity index (χ2v) is 4.10. The fraction of sp³-hybridized carbons (Fsp3) is 0.429. The molecule has 0 aliphatic heterocycles. The van der Waals surface area contributed by atoms with Gasteiger partial charge in [-0.3, -0.25) is 4.79 Å². The number of carbonyl (C=O) groups is 1. The van der Waals surface area contributed by atoms with Gasteiger partial charge >= 0.3 is 6.61 Å².